The molecule has 0 bridgehead atoms. The zero-order valence-electron chi connectivity index (χ0n) is 11.4. The van der Waals surface area contributed by atoms with Crippen molar-refractivity contribution in [2.24, 2.45) is 0 Å². The fraction of sp³-hybridized carbons (Fsp3) is 1.00. The van der Waals surface area contributed by atoms with Crippen LogP contribution in [0.25, 0.3) is 0 Å². The van der Waals surface area contributed by atoms with Gasteiger partial charge in [0.2, 0.25) is 0 Å². The van der Waals surface area contributed by atoms with Gasteiger partial charge in [-0.2, -0.15) is 0 Å². The molecule has 1 saturated carbocycles. The highest BCUT2D eigenvalue weighted by atomic mass is 16.8. The van der Waals surface area contributed by atoms with E-state index in [1.165, 1.54) is 7.11 Å². The lowest BCUT2D eigenvalue weighted by Gasteiger charge is -2.44. The van der Waals surface area contributed by atoms with Gasteiger partial charge >= 0.3 is 0 Å². The second-order valence-electron chi connectivity index (χ2n) is 5.59. The van der Waals surface area contributed by atoms with E-state index in [0.29, 0.717) is 0 Å². The molecule has 0 unspecified atom stereocenters. The van der Waals surface area contributed by atoms with Gasteiger partial charge in [0.05, 0.1) is 12.7 Å². The van der Waals surface area contributed by atoms with E-state index < -0.39 is 42.4 Å². The van der Waals surface area contributed by atoms with Gasteiger partial charge in [0.25, 0.3) is 0 Å². The highest BCUT2D eigenvalue weighted by molar-refractivity contribution is 5.06. The number of aliphatic hydroxyl groups excluding tert-OH is 2. The Morgan fingerprint density at radius 2 is 1.89 bits per heavy atom. The summed E-state index contributed by atoms with van der Waals surface area (Å²) in [6.07, 6.45) is -2.96. The summed E-state index contributed by atoms with van der Waals surface area (Å²) in [5.74, 6) is -0.869. The van der Waals surface area contributed by atoms with Crippen molar-refractivity contribution in [2.75, 3.05) is 20.5 Å². The summed E-state index contributed by atoms with van der Waals surface area (Å²) in [7, 11) is 1.49. The molecule has 7 heteroatoms. The molecule has 0 amide bonds. The molecule has 2 fully saturated rings. The topological polar surface area (TPSA) is 97.6 Å². The Morgan fingerprint density at radius 1 is 1.26 bits per heavy atom. The standard InChI is InChI=1S/C12H22O7/c1-11(2)18-8-7(17-6-16-3)4-12(15,5-13)10(14)9(8)19-11/h7-10,13-15H,4-6H2,1-3H3/t7-,8+,9+,10-,12-/m1/s1. The van der Waals surface area contributed by atoms with Crippen molar-refractivity contribution >= 4 is 0 Å². The van der Waals surface area contributed by atoms with Crippen molar-refractivity contribution in [1.82, 2.24) is 0 Å². The van der Waals surface area contributed by atoms with Crippen LogP contribution in [0.3, 0.4) is 0 Å². The molecule has 0 aromatic carbocycles. The van der Waals surface area contributed by atoms with Crippen molar-refractivity contribution in [3.8, 4) is 0 Å². The first-order valence-electron chi connectivity index (χ1n) is 6.30. The van der Waals surface area contributed by atoms with E-state index in [0.717, 1.165) is 0 Å². The molecular formula is C12H22O7. The Morgan fingerprint density at radius 3 is 2.47 bits per heavy atom. The van der Waals surface area contributed by atoms with Gasteiger partial charge in [-0.3, -0.25) is 0 Å². The second-order valence-corrected chi connectivity index (χ2v) is 5.59. The fourth-order valence-electron chi connectivity index (χ4n) is 2.71. The minimum Gasteiger partial charge on any atom is -0.393 e. The molecule has 5 atom stereocenters. The first kappa shape index (κ1) is 15.1. The van der Waals surface area contributed by atoms with Crippen molar-refractivity contribution < 1.29 is 34.3 Å². The summed E-state index contributed by atoms with van der Waals surface area (Å²) in [5.41, 5.74) is -1.66. The molecule has 0 aromatic rings. The lowest BCUT2D eigenvalue weighted by molar-refractivity contribution is -0.222. The van der Waals surface area contributed by atoms with Gasteiger partial charge in [0, 0.05) is 13.5 Å². The zero-order chi connectivity index (χ0) is 14.3. The van der Waals surface area contributed by atoms with E-state index >= 15 is 0 Å². The molecule has 1 aliphatic heterocycles. The van der Waals surface area contributed by atoms with Crippen LogP contribution in [0.15, 0.2) is 0 Å². The quantitative estimate of drug-likeness (QED) is 0.566. The van der Waals surface area contributed by atoms with Crippen LogP contribution >= 0.6 is 0 Å². The van der Waals surface area contributed by atoms with Crippen LogP contribution in [-0.4, -0.2) is 71.6 Å². The molecular weight excluding hydrogens is 256 g/mol. The molecule has 0 spiro atoms. The lowest BCUT2D eigenvalue weighted by atomic mass is 9.77. The molecule has 2 rings (SSSR count). The summed E-state index contributed by atoms with van der Waals surface area (Å²) >= 11 is 0. The average Bonchev–Trinajstić information content (AvgIpc) is 2.68. The number of hydrogen-bond acceptors (Lipinski definition) is 7. The monoisotopic (exact) mass is 278 g/mol. The summed E-state index contributed by atoms with van der Waals surface area (Å²) in [5, 5.41) is 29.8. The number of ether oxygens (including phenoxy) is 4. The first-order chi connectivity index (χ1) is 8.83. The van der Waals surface area contributed by atoms with E-state index in [2.05, 4.69) is 0 Å². The summed E-state index contributed by atoms with van der Waals surface area (Å²) in [6, 6.07) is 0. The number of aliphatic hydroxyl groups is 3. The smallest absolute Gasteiger partial charge is 0.164 e. The maximum Gasteiger partial charge on any atom is 0.164 e. The molecule has 1 aliphatic carbocycles. The summed E-state index contributed by atoms with van der Waals surface area (Å²) in [6.45, 7) is 2.91. The van der Waals surface area contributed by atoms with Crippen LogP contribution in [0.2, 0.25) is 0 Å². The number of hydrogen-bond donors (Lipinski definition) is 3. The Balaban J connectivity index is 2.20. The molecule has 112 valence electrons. The summed E-state index contributed by atoms with van der Waals surface area (Å²) < 4.78 is 21.6. The molecule has 0 aromatic heterocycles. The molecule has 0 radical (unpaired) electrons. The van der Waals surface area contributed by atoms with Crippen LogP contribution in [0.4, 0.5) is 0 Å². The number of fused-ring (bicyclic) bond motifs is 1. The maximum absolute atomic E-state index is 10.3. The van der Waals surface area contributed by atoms with Crippen LogP contribution in [0.5, 0.6) is 0 Å². The third-order valence-electron chi connectivity index (χ3n) is 3.62. The van der Waals surface area contributed by atoms with Gasteiger partial charge in [0.15, 0.2) is 5.79 Å². The average molecular weight is 278 g/mol. The Kier molecular flexibility index (Phi) is 4.18. The van der Waals surface area contributed by atoms with E-state index in [9.17, 15) is 15.3 Å². The van der Waals surface area contributed by atoms with Gasteiger partial charge in [0.1, 0.15) is 30.7 Å². The molecule has 7 nitrogen and oxygen atoms in total. The second kappa shape index (κ2) is 5.25. The molecule has 19 heavy (non-hydrogen) atoms. The molecule has 1 heterocycles. The van der Waals surface area contributed by atoms with Gasteiger partial charge in [-0.1, -0.05) is 0 Å². The Labute approximate surface area is 112 Å². The Bertz CT molecular complexity index is 321. The number of methoxy groups -OCH3 is 1. The van der Waals surface area contributed by atoms with E-state index in [-0.39, 0.29) is 13.2 Å². The third kappa shape index (κ3) is 2.78. The zero-order valence-corrected chi connectivity index (χ0v) is 11.4. The third-order valence-corrected chi connectivity index (χ3v) is 3.62. The van der Waals surface area contributed by atoms with Crippen LogP contribution < -0.4 is 0 Å². The molecule has 2 aliphatic rings. The van der Waals surface area contributed by atoms with E-state index in [1.54, 1.807) is 13.8 Å². The molecule has 3 N–H and O–H groups in total. The summed E-state index contributed by atoms with van der Waals surface area (Å²) in [4.78, 5) is 0. The predicted molar refractivity (Wildman–Crippen MR) is 63.2 cm³/mol. The fourth-order valence-corrected chi connectivity index (χ4v) is 2.71. The van der Waals surface area contributed by atoms with E-state index in [1.807, 2.05) is 0 Å². The lowest BCUT2D eigenvalue weighted by Crippen LogP contribution is -2.63. The van der Waals surface area contributed by atoms with Crippen LogP contribution in [0, 0.1) is 0 Å². The van der Waals surface area contributed by atoms with Crippen molar-refractivity contribution in [2.45, 2.75) is 56.1 Å². The van der Waals surface area contributed by atoms with Gasteiger partial charge in [-0.25, -0.2) is 0 Å². The SMILES string of the molecule is COCO[C@@H]1C[C@@](O)(CO)[C@H](O)[C@H]2OC(C)(C)O[C@H]21. The number of rotatable bonds is 4. The van der Waals surface area contributed by atoms with Gasteiger partial charge < -0.3 is 34.3 Å². The van der Waals surface area contributed by atoms with Crippen LogP contribution in [-0.2, 0) is 18.9 Å². The maximum atomic E-state index is 10.3. The minimum absolute atomic E-state index is 0.0370. The normalized spacial score (nSPS) is 45.2. The minimum atomic E-state index is -1.66. The largest absolute Gasteiger partial charge is 0.393 e. The highest BCUT2D eigenvalue weighted by Crippen LogP contribution is 2.41. The Hall–Kier alpha value is -0.280. The van der Waals surface area contributed by atoms with Crippen molar-refractivity contribution in [3.63, 3.8) is 0 Å². The van der Waals surface area contributed by atoms with E-state index in [4.69, 9.17) is 18.9 Å². The van der Waals surface area contributed by atoms with Crippen molar-refractivity contribution in [1.29, 1.82) is 0 Å². The first-order valence-corrected chi connectivity index (χ1v) is 6.30. The highest BCUT2D eigenvalue weighted by Gasteiger charge is 2.59. The van der Waals surface area contributed by atoms with Gasteiger partial charge in [-0.15, -0.1) is 0 Å². The predicted octanol–water partition coefficient (Wildman–Crippen LogP) is -1.02. The van der Waals surface area contributed by atoms with Gasteiger partial charge in [-0.05, 0) is 13.8 Å². The van der Waals surface area contributed by atoms with Crippen LogP contribution in [0.1, 0.15) is 20.3 Å². The molecule has 1 saturated heterocycles. The van der Waals surface area contributed by atoms with Crippen molar-refractivity contribution in [3.05, 3.63) is 0 Å².